The molecule has 23 heavy (non-hydrogen) atoms. The Bertz CT molecular complexity index is 794. The molecule has 0 aliphatic carbocycles. The first-order valence-electron chi connectivity index (χ1n) is 6.99. The number of aromatic nitrogens is 2. The molecule has 0 N–H and O–H groups in total. The van der Waals surface area contributed by atoms with Gasteiger partial charge in [0.2, 0.25) is 0 Å². The molecule has 0 fully saturated rings. The average molecular weight is 316 g/mol. The van der Waals surface area contributed by atoms with Crippen molar-refractivity contribution in [3.8, 4) is 0 Å². The van der Waals surface area contributed by atoms with Crippen LogP contribution in [0.5, 0.6) is 0 Å². The summed E-state index contributed by atoms with van der Waals surface area (Å²) in [6.07, 6.45) is 3.91. The number of nitrogens with zero attached hydrogens (tertiary/aromatic N) is 2. The highest BCUT2D eigenvalue weighted by molar-refractivity contribution is 5.91. The van der Waals surface area contributed by atoms with Crippen molar-refractivity contribution in [3.63, 3.8) is 0 Å². The minimum atomic E-state index is -0.639. The fourth-order valence-corrected chi connectivity index (χ4v) is 1.93. The molecule has 1 heterocycles. The van der Waals surface area contributed by atoms with Crippen LogP contribution >= 0.6 is 0 Å². The molecule has 7 heteroatoms. The van der Waals surface area contributed by atoms with Gasteiger partial charge in [0.15, 0.2) is 0 Å². The lowest BCUT2D eigenvalue weighted by atomic mass is 10.2. The van der Waals surface area contributed by atoms with Crippen LogP contribution in [0.4, 0.5) is 0 Å². The van der Waals surface area contributed by atoms with Gasteiger partial charge >= 0.3 is 11.9 Å². The second-order valence-electron chi connectivity index (χ2n) is 4.64. The Labute approximate surface area is 132 Å². The molecule has 0 saturated carbocycles. The van der Waals surface area contributed by atoms with Crippen molar-refractivity contribution >= 4 is 22.8 Å². The summed E-state index contributed by atoms with van der Waals surface area (Å²) in [6, 6.07) is 7.10. The SMILES string of the molecule is COC(=O)/C=C/C(=O)OCCCn1cnc2ccccc2c1=O. The van der Waals surface area contributed by atoms with Crippen molar-refractivity contribution in [2.45, 2.75) is 13.0 Å². The summed E-state index contributed by atoms with van der Waals surface area (Å²) in [4.78, 5) is 38.6. The van der Waals surface area contributed by atoms with Gasteiger partial charge in [0, 0.05) is 18.7 Å². The number of hydrogen-bond donors (Lipinski definition) is 0. The molecule has 120 valence electrons. The summed E-state index contributed by atoms with van der Waals surface area (Å²) >= 11 is 0. The molecular weight excluding hydrogens is 300 g/mol. The van der Waals surface area contributed by atoms with E-state index in [0.717, 1.165) is 12.2 Å². The molecule has 0 aliphatic rings. The van der Waals surface area contributed by atoms with Crippen molar-refractivity contribution < 1.29 is 19.1 Å². The lowest BCUT2D eigenvalue weighted by molar-refractivity contribution is -0.139. The van der Waals surface area contributed by atoms with E-state index in [1.807, 2.05) is 6.07 Å². The Morgan fingerprint density at radius 1 is 1.22 bits per heavy atom. The first kappa shape index (κ1) is 16.4. The zero-order valence-electron chi connectivity index (χ0n) is 12.6. The average Bonchev–Trinajstić information content (AvgIpc) is 2.58. The number of benzene rings is 1. The molecule has 0 amide bonds. The van der Waals surface area contributed by atoms with Crippen LogP contribution < -0.4 is 5.56 Å². The van der Waals surface area contributed by atoms with E-state index in [0.29, 0.717) is 23.9 Å². The topological polar surface area (TPSA) is 87.5 Å². The molecule has 2 aromatic rings. The van der Waals surface area contributed by atoms with Crippen molar-refractivity contribution in [3.05, 3.63) is 53.1 Å². The van der Waals surface area contributed by atoms with Crippen LogP contribution in [0.3, 0.4) is 0 Å². The van der Waals surface area contributed by atoms with E-state index in [-0.39, 0.29) is 12.2 Å². The predicted molar refractivity (Wildman–Crippen MR) is 82.7 cm³/mol. The largest absolute Gasteiger partial charge is 0.466 e. The number of hydrogen-bond acceptors (Lipinski definition) is 6. The number of aryl methyl sites for hydroxylation is 1. The molecular formula is C16H16N2O5. The summed E-state index contributed by atoms with van der Waals surface area (Å²) in [6.45, 7) is 0.508. The van der Waals surface area contributed by atoms with E-state index in [1.165, 1.54) is 18.0 Å². The van der Waals surface area contributed by atoms with Crippen molar-refractivity contribution in [1.29, 1.82) is 0 Å². The lowest BCUT2D eigenvalue weighted by Crippen LogP contribution is -2.21. The van der Waals surface area contributed by atoms with E-state index in [4.69, 9.17) is 4.74 Å². The molecule has 2 rings (SSSR count). The number of rotatable bonds is 6. The molecule has 0 aliphatic heterocycles. The predicted octanol–water partition coefficient (Wildman–Crippen LogP) is 1.06. The monoisotopic (exact) mass is 316 g/mol. The molecule has 0 unspecified atom stereocenters. The second-order valence-corrected chi connectivity index (χ2v) is 4.64. The fraction of sp³-hybridized carbons (Fsp3) is 0.250. The van der Waals surface area contributed by atoms with E-state index >= 15 is 0 Å². The third-order valence-electron chi connectivity index (χ3n) is 3.08. The van der Waals surface area contributed by atoms with Crippen LogP contribution in [0.1, 0.15) is 6.42 Å². The summed E-state index contributed by atoms with van der Waals surface area (Å²) < 4.78 is 10.7. The van der Waals surface area contributed by atoms with Crippen LogP contribution in [0.15, 0.2) is 47.5 Å². The molecule has 1 aromatic carbocycles. The standard InChI is InChI=1S/C16H16N2O5/c1-22-14(19)7-8-15(20)23-10-4-9-18-11-17-13-6-3-2-5-12(13)16(18)21/h2-3,5-8,11H,4,9-10H2,1H3/b8-7+. The first-order chi connectivity index (χ1) is 11.1. The molecule has 0 spiro atoms. The summed E-state index contributed by atoms with van der Waals surface area (Å²) in [5.41, 5.74) is 0.514. The number of fused-ring (bicyclic) bond motifs is 1. The lowest BCUT2D eigenvalue weighted by Gasteiger charge is -2.06. The van der Waals surface area contributed by atoms with E-state index in [2.05, 4.69) is 9.72 Å². The van der Waals surface area contributed by atoms with E-state index in [9.17, 15) is 14.4 Å². The van der Waals surface area contributed by atoms with Gasteiger partial charge in [-0.3, -0.25) is 9.36 Å². The Kier molecular flexibility index (Phi) is 5.62. The quantitative estimate of drug-likeness (QED) is 0.450. The number of carbonyl (C=O) groups excluding carboxylic acids is 2. The maximum Gasteiger partial charge on any atom is 0.331 e. The number of methoxy groups -OCH3 is 1. The second kappa shape index (κ2) is 7.88. The third kappa shape index (κ3) is 4.50. The van der Waals surface area contributed by atoms with Crippen LogP contribution in [0.25, 0.3) is 10.9 Å². The molecule has 7 nitrogen and oxygen atoms in total. The maximum absolute atomic E-state index is 12.2. The maximum atomic E-state index is 12.2. The molecule has 0 radical (unpaired) electrons. The highest BCUT2D eigenvalue weighted by atomic mass is 16.5. The molecule has 0 bridgehead atoms. The van der Waals surface area contributed by atoms with Gasteiger partial charge in [-0.05, 0) is 18.6 Å². The van der Waals surface area contributed by atoms with Gasteiger partial charge in [-0.25, -0.2) is 14.6 Å². The van der Waals surface area contributed by atoms with Crippen LogP contribution in [-0.4, -0.2) is 35.2 Å². The van der Waals surface area contributed by atoms with Crippen LogP contribution in [0.2, 0.25) is 0 Å². The molecule has 0 saturated heterocycles. The Balaban J connectivity index is 1.86. The molecule has 1 aromatic heterocycles. The van der Waals surface area contributed by atoms with Gasteiger partial charge in [0.05, 0.1) is 30.9 Å². The Morgan fingerprint density at radius 2 is 1.96 bits per heavy atom. The fourth-order valence-electron chi connectivity index (χ4n) is 1.93. The highest BCUT2D eigenvalue weighted by Gasteiger charge is 2.04. The van der Waals surface area contributed by atoms with Crippen molar-refractivity contribution in [2.75, 3.05) is 13.7 Å². The van der Waals surface area contributed by atoms with Gasteiger partial charge in [-0.1, -0.05) is 12.1 Å². The van der Waals surface area contributed by atoms with Gasteiger partial charge < -0.3 is 9.47 Å². The zero-order valence-corrected chi connectivity index (χ0v) is 12.6. The van der Waals surface area contributed by atoms with Gasteiger partial charge in [-0.15, -0.1) is 0 Å². The number of esters is 2. The van der Waals surface area contributed by atoms with Gasteiger partial charge in [-0.2, -0.15) is 0 Å². The van der Waals surface area contributed by atoms with Crippen molar-refractivity contribution in [2.24, 2.45) is 0 Å². The summed E-state index contributed by atoms with van der Waals surface area (Å²) in [7, 11) is 1.22. The highest BCUT2D eigenvalue weighted by Crippen LogP contribution is 2.04. The van der Waals surface area contributed by atoms with Gasteiger partial charge in [0.1, 0.15) is 0 Å². The normalized spacial score (nSPS) is 10.8. The molecule has 0 atom stereocenters. The minimum Gasteiger partial charge on any atom is -0.466 e. The number of carbonyl (C=O) groups is 2. The van der Waals surface area contributed by atoms with E-state index in [1.54, 1.807) is 18.2 Å². The summed E-state index contributed by atoms with van der Waals surface area (Å²) in [5.74, 6) is -1.27. The van der Waals surface area contributed by atoms with Gasteiger partial charge in [0.25, 0.3) is 5.56 Å². The van der Waals surface area contributed by atoms with Crippen molar-refractivity contribution in [1.82, 2.24) is 9.55 Å². The number of para-hydroxylation sites is 1. The van der Waals surface area contributed by atoms with E-state index < -0.39 is 11.9 Å². The third-order valence-corrected chi connectivity index (χ3v) is 3.08. The number of ether oxygens (including phenoxy) is 2. The zero-order chi connectivity index (χ0) is 16.7. The van der Waals surface area contributed by atoms with Crippen LogP contribution in [0, 0.1) is 0 Å². The minimum absolute atomic E-state index is 0.129. The smallest absolute Gasteiger partial charge is 0.331 e. The summed E-state index contributed by atoms with van der Waals surface area (Å²) in [5, 5.41) is 0.549. The Morgan fingerprint density at radius 3 is 2.74 bits per heavy atom. The first-order valence-corrected chi connectivity index (χ1v) is 6.99. The Hall–Kier alpha value is -2.96. The van der Waals surface area contributed by atoms with Crippen LogP contribution in [-0.2, 0) is 25.6 Å².